The number of aryl methyl sites for hydroxylation is 2. The van der Waals surface area contributed by atoms with Gasteiger partial charge in [0.2, 0.25) is 0 Å². The topological polar surface area (TPSA) is 63.0 Å². The van der Waals surface area contributed by atoms with Gasteiger partial charge in [0.15, 0.2) is 37.9 Å². The van der Waals surface area contributed by atoms with Gasteiger partial charge in [-0.15, -0.1) is 0 Å². The van der Waals surface area contributed by atoms with Crippen LogP contribution in [0.15, 0.2) is 49.1 Å². The Morgan fingerprint density at radius 3 is 1.37 bits per heavy atom. The molecule has 0 unspecified atom stereocenters. The summed E-state index contributed by atoms with van der Waals surface area (Å²) in [4.78, 5) is 0. The Kier molecular flexibility index (Phi) is 5.01. The predicted octanol–water partition coefficient (Wildman–Crippen LogP) is -1.16. The van der Waals surface area contributed by atoms with E-state index in [4.69, 9.17) is 0 Å². The lowest BCUT2D eigenvalue weighted by Gasteiger charge is -1.98. The van der Waals surface area contributed by atoms with Gasteiger partial charge in [-0.3, -0.25) is 0 Å². The molecule has 0 spiro atoms. The van der Waals surface area contributed by atoms with Gasteiger partial charge in [-0.25, -0.2) is 9.13 Å². The fourth-order valence-corrected chi connectivity index (χ4v) is 2.04. The molecule has 2 heterocycles. The largest absolute Gasteiger partial charge is 0.354 e. The van der Waals surface area contributed by atoms with Crippen LogP contribution in [0.1, 0.15) is 17.5 Å². The van der Waals surface area contributed by atoms with E-state index < -0.39 is 0 Å². The molecular weight excluding hydrogens is 236 g/mol. The molecule has 4 nitrogen and oxygen atoms in total. The van der Waals surface area contributed by atoms with Crippen molar-refractivity contribution < 1.29 is 20.6 Å². The van der Waals surface area contributed by atoms with Gasteiger partial charge in [0.05, 0.1) is 6.42 Å². The SMILES string of the molecule is [NH3+]Cc1cc[n+](CCC[n+]2ccc(C[NH3+])cc2)cc1. The minimum absolute atomic E-state index is 0.856. The quantitative estimate of drug-likeness (QED) is 0.615. The highest BCUT2D eigenvalue weighted by Gasteiger charge is 2.05. The highest BCUT2D eigenvalue weighted by Crippen LogP contribution is 1.93. The summed E-state index contributed by atoms with van der Waals surface area (Å²) in [6.07, 6.45) is 9.67. The number of quaternary nitrogens is 2. The van der Waals surface area contributed by atoms with Crippen molar-refractivity contribution in [3.8, 4) is 0 Å². The molecule has 0 aliphatic heterocycles. The standard InChI is InChI=1S/C15H22N4/c16-12-14-2-8-18(9-3-14)6-1-7-19-10-4-15(13-17)5-11-19/h2-5,8-11H,1,6-7,12-13,16-17H2/q+2/p+2. The average molecular weight is 260 g/mol. The lowest BCUT2D eigenvalue weighted by molar-refractivity contribution is -0.727. The predicted molar refractivity (Wildman–Crippen MR) is 71.1 cm³/mol. The summed E-state index contributed by atoms with van der Waals surface area (Å²) in [5.74, 6) is 0. The first-order chi connectivity index (χ1) is 9.31. The van der Waals surface area contributed by atoms with Crippen LogP contribution in [-0.4, -0.2) is 0 Å². The Hall–Kier alpha value is -1.78. The number of nitrogens with zero attached hydrogens (tertiary/aromatic N) is 2. The molecule has 0 radical (unpaired) electrons. The van der Waals surface area contributed by atoms with Crippen LogP contribution in [0.5, 0.6) is 0 Å². The van der Waals surface area contributed by atoms with Crippen LogP contribution >= 0.6 is 0 Å². The van der Waals surface area contributed by atoms with E-state index in [1.807, 2.05) is 0 Å². The summed E-state index contributed by atoms with van der Waals surface area (Å²) in [6, 6.07) is 8.57. The molecule has 0 fully saturated rings. The number of hydrogen-bond acceptors (Lipinski definition) is 0. The van der Waals surface area contributed by atoms with Gasteiger partial charge in [-0.1, -0.05) is 0 Å². The summed E-state index contributed by atoms with van der Waals surface area (Å²) >= 11 is 0. The fraction of sp³-hybridized carbons (Fsp3) is 0.333. The van der Waals surface area contributed by atoms with Crippen molar-refractivity contribution in [1.82, 2.24) is 0 Å². The highest BCUT2D eigenvalue weighted by molar-refractivity contribution is 5.05. The van der Waals surface area contributed by atoms with Crippen LogP contribution in [0.4, 0.5) is 0 Å². The smallest absolute Gasteiger partial charge is 0.169 e. The molecule has 0 amide bonds. The molecule has 19 heavy (non-hydrogen) atoms. The van der Waals surface area contributed by atoms with E-state index in [0.717, 1.165) is 32.6 Å². The summed E-state index contributed by atoms with van der Waals surface area (Å²) in [5.41, 5.74) is 10.3. The number of rotatable bonds is 6. The average Bonchev–Trinajstić information content (AvgIpc) is 2.49. The normalized spacial score (nSPS) is 10.6. The monoisotopic (exact) mass is 260 g/mol. The van der Waals surface area contributed by atoms with Crippen molar-refractivity contribution in [2.75, 3.05) is 0 Å². The molecule has 2 aromatic rings. The van der Waals surface area contributed by atoms with Crippen molar-refractivity contribution in [3.05, 3.63) is 60.2 Å². The van der Waals surface area contributed by atoms with Crippen molar-refractivity contribution in [2.24, 2.45) is 0 Å². The maximum atomic E-state index is 3.88. The van der Waals surface area contributed by atoms with Crippen LogP contribution in [0, 0.1) is 0 Å². The molecule has 4 heteroatoms. The Balaban J connectivity index is 1.81. The zero-order valence-electron chi connectivity index (χ0n) is 11.5. The first-order valence-electron chi connectivity index (χ1n) is 6.86. The molecule has 6 N–H and O–H groups in total. The minimum Gasteiger partial charge on any atom is -0.354 e. The van der Waals surface area contributed by atoms with E-state index in [1.165, 1.54) is 11.1 Å². The Morgan fingerprint density at radius 2 is 1.05 bits per heavy atom. The molecule has 0 bridgehead atoms. The van der Waals surface area contributed by atoms with Crippen LogP contribution < -0.4 is 20.6 Å². The maximum absolute atomic E-state index is 3.88. The number of aromatic nitrogens is 2. The third kappa shape index (κ3) is 4.12. The van der Waals surface area contributed by atoms with E-state index in [2.05, 4.69) is 69.7 Å². The molecule has 100 valence electrons. The van der Waals surface area contributed by atoms with Gasteiger partial charge >= 0.3 is 0 Å². The van der Waals surface area contributed by atoms with Gasteiger partial charge in [-0.2, -0.15) is 0 Å². The Labute approximate surface area is 114 Å². The van der Waals surface area contributed by atoms with Crippen molar-refractivity contribution in [2.45, 2.75) is 32.6 Å². The van der Waals surface area contributed by atoms with Gasteiger partial charge in [0.25, 0.3) is 0 Å². The van der Waals surface area contributed by atoms with Crippen LogP contribution in [0.25, 0.3) is 0 Å². The third-order valence-corrected chi connectivity index (χ3v) is 3.33. The van der Waals surface area contributed by atoms with Crippen molar-refractivity contribution >= 4 is 0 Å². The van der Waals surface area contributed by atoms with Crippen molar-refractivity contribution in [1.29, 1.82) is 0 Å². The van der Waals surface area contributed by atoms with Crippen LogP contribution in [0.2, 0.25) is 0 Å². The molecule has 2 rings (SSSR count). The molecule has 0 saturated carbocycles. The van der Waals surface area contributed by atoms with E-state index in [0.29, 0.717) is 0 Å². The summed E-state index contributed by atoms with van der Waals surface area (Å²) in [7, 11) is 0. The number of hydrogen-bond donors (Lipinski definition) is 2. The first kappa shape index (κ1) is 13.6. The molecule has 2 aromatic heterocycles. The van der Waals surface area contributed by atoms with Gasteiger partial charge in [0, 0.05) is 35.4 Å². The van der Waals surface area contributed by atoms with Crippen LogP contribution in [-0.2, 0) is 26.2 Å². The van der Waals surface area contributed by atoms with E-state index in [1.54, 1.807) is 0 Å². The second-order valence-electron chi connectivity index (χ2n) is 4.74. The third-order valence-electron chi connectivity index (χ3n) is 3.33. The first-order valence-corrected chi connectivity index (χ1v) is 6.86. The Bertz CT molecular complexity index is 443. The lowest BCUT2D eigenvalue weighted by atomic mass is 10.2. The number of pyridine rings is 2. The molecule has 0 aromatic carbocycles. The highest BCUT2D eigenvalue weighted by atomic mass is 15.0. The van der Waals surface area contributed by atoms with Crippen molar-refractivity contribution in [3.63, 3.8) is 0 Å². The zero-order valence-corrected chi connectivity index (χ0v) is 11.5. The fourth-order valence-electron chi connectivity index (χ4n) is 2.04. The van der Waals surface area contributed by atoms with Gasteiger partial charge in [0.1, 0.15) is 13.1 Å². The summed E-state index contributed by atoms with van der Waals surface area (Å²) < 4.78 is 4.45. The lowest BCUT2D eigenvalue weighted by Crippen LogP contribution is -2.48. The van der Waals surface area contributed by atoms with E-state index in [9.17, 15) is 0 Å². The second kappa shape index (κ2) is 6.97. The van der Waals surface area contributed by atoms with E-state index >= 15 is 0 Å². The second-order valence-corrected chi connectivity index (χ2v) is 4.74. The zero-order chi connectivity index (χ0) is 13.5. The molecule has 0 atom stereocenters. The Morgan fingerprint density at radius 1 is 0.684 bits per heavy atom. The van der Waals surface area contributed by atoms with Gasteiger partial charge < -0.3 is 11.5 Å². The summed E-state index contributed by atoms with van der Waals surface area (Å²) in [6.45, 7) is 3.80. The van der Waals surface area contributed by atoms with Crippen LogP contribution in [0.3, 0.4) is 0 Å². The van der Waals surface area contributed by atoms with E-state index in [-0.39, 0.29) is 0 Å². The molecule has 0 aliphatic carbocycles. The van der Waals surface area contributed by atoms with Gasteiger partial charge in [-0.05, 0) is 0 Å². The molecule has 0 aliphatic rings. The minimum atomic E-state index is 0.856. The maximum Gasteiger partial charge on any atom is 0.169 e. The summed E-state index contributed by atoms with van der Waals surface area (Å²) in [5, 5.41) is 0. The molecular formula is C15H24N4+4. The molecule has 0 saturated heterocycles.